The van der Waals surface area contributed by atoms with Gasteiger partial charge in [-0.15, -0.1) is 0 Å². The Morgan fingerprint density at radius 1 is 1.29 bits per heavy atom. The average Bonchev–Trinajstić information content (AvgIpc) is 3.12. The van der Waals surface area contributed by atoms with Crippen LogP contribution in [-0.4, -0.2) is 48.1 Å². The van der Waals surface area contributed by atoms with Crippen molar-refractivity contribution in [2.24, 2.45) is 0 Å². The lowest BCUT2D eigenvalue weighted by Gasteiger charge is -2.20. The third-order valence-electron chi connectivity index (χ3n) is 3.43. The molecule has 6 nitrogen and oxygen atoms in total. The fourth-order valence-electron chi connectivity index (χ4n) is 2.19. The van der Waals surface area contributed by atoms with E-state index in [0.29, 0.717) is 34.2 Å². The number of rotatable bonds is 5. The molecule has 0 aliphatic rings. The molecule has 0 saturated carbocycles. The summed E-state index contributed by atoms with van der Waals surface area (Å²) < 4.78 is 19.1. The summed E-state index contributed by atoms with van der Waals surface area (Å²) >= 11 is 1.28. The Morgan fingerprint density at radius 2 is 2.08 bits per heavy atom. The summed E-state index contributed by atoms with van der Waals surface area (Å²) in [4.78, 5) is 20.8. The first-order valence-corrected chi connectivity index (χ1v) is 8.21. The van der Waals surface area contributed by atoms with Gasteiger partial charge in [0.2, 0.25) is 0 Å². The molecule has 0 aliphatic heterocycles. The van der Waals surface area contributed by atoms with Gasteiger partial charge in [-0.3, -0.25) is 9.69 Å². The van der Waals surface area contributed by atoms with Crippen molar-refractivity contribution < 1.29 is 13.7 Å². The van der Waals surface area contributed by atoms with Crippen LogP contribution in [0, 0.1) is 12.7 Å². The van der Waals surface area contributed by atoms with Crippen molar-refractivity contribution in [2.75, 3.05) is 32.1 Å². The Kier molecular flexibility index (Phi) is 4.59. The van der Waals surface area contributed by atoms with Gasteiger partial charge in [-0.05, 0) is 39.2 Å². The predicted molar refractivity (Wildman–Crippen MR) is 91.0 cm³/mol. The van der Waals surface area contributed by atoms with Gasteiger partial charge in [0.25, 0.3) is 5.91 Å². The van der Waals surface area contributed by atoms with Crippen molar-refractivity contribution in [2.45, 2.75) is 6.92 Å². The van der Waals surface area contributed by atoms with Crippen LogP contribution in [0.2, 0.25) is 0 Å². The van der Waals surface area contributed by atoms with Crippen molar-refractivity contribution in [1.82, 2.24) is 15.0 Å². The van der Waals surface area contributed by atoms with Gasteiger partial charge in [0.15, 0.2) is 10.8 Å². The van der Waals surface area contributed by atoms with E-state index in [0.717, 1.165) is 0 Å². The van der Waals surface area contributed by atoms with Crippen LogP contribution in [-0.2, 0) is 0 Å². The van der Waals surface area contributed by atoms with E-state index in [9.17, 15) is 9.18 Å². The molecule has 0 unspecified atom stereocenters. The van der Waals surface area contributed by atoms with Gasteiger partial charge in [0.05, 0.1) is 10.2 Å². The van der Waals surface area contributed by atoms with Crippen molar-refractivity contribution in [3.8, 4) is 0 Å². The molecule has 1 amide bonds. The number of thiazole rings is 1. The highest BCUT2D eigenvalue weighted by Gasteiger charge is 2.24. The number of carbonyl (C=O) groups excluding carboxylic acids is 1. The summed E-state index contributed by atoms with van der Waals surface area (Å²) in [5, 5.41) is 4.31. The summed E-state index contributed by atoms with van der Waals surface area (Å²) in [5.41, 5.74) is 0.895. The fraction of sp³-hybridized carbons (Fsp3) is 0.312. The van der Waals surface area contributed by atoms with Gasteiger partial charge in [0, 0.05) is 19.2 Å². The van der Waals surface area contributed by atoms with Gasteiger partial charge in [0.1, 0.15) is 11.6 Å². The molecule has 0 bridgehead atoms. The van der Waals surface area contributed by atoms with Gasteiger partial charge < -0.3 is 9.42 Å². The van der Waals surface area contributed by atoms with Crippen molar-refractivity contribution in [1.29, 1.82) is 0 Å². The molecule has 2 aromatic heterocycles. The van der Waals surface area contributed by atoms with Crippen LogP contribution in [0.4, 0.5) is 9.52 Å². The zero-order valence-corrected chi connectivity index (χ0v) is 14.4. The van der Waals surface area contributed by atoms with E-state index >= 15 is 0 Å². The summed E-state index contributed by atoms with van der Waals surface area (Å²) in [5.74, 6) is -0.0403. The van der Waals surface area contributed by atoms with Crippen LogP contribution in [0.15, 0.2) is 28.8 Å². The molecule has 0 N–H and O–H groups in total. The molecular formula is C16H17FN4O2S. The quantitative estimate of drug-likeness (QED) is 0.709. The highest BCUT2D eigenvalue weighted by atomic mass is 32.1. The van der Waals surface area contributed by atoms with E-state index < -0.39 is 0 Å². The highest BCUT2D eigenvalue weighted by Crippen LogP contribution is 2.30. The van der Waals surface area contributed by atoms with Crippen LogP contribution < -0.4 is 4.90 Å². The van der Waals surface area contributed by atoms with Gasteiger partial charge in [-0.2, -0.15) is 0 Å². The lowest BCUT2D eigenvalue weighted by atomic mass is 10.3. The highest BCUT2D eigenvalue weighted by molar-refractivity contribution is 7.22. The number of carbonyl (C=O) groups is 1. The zero-order valence-electron chi connectivity index (χ0n) is 13.6. The zero-order chi connectivity index (χ0) is 17.3. The minimum atomic E-state index is -0.323. The minimum Gasteiger partial charge on any atom is -0.361 e. The largest absolute Gasteiger partial charge is 0.361 e. The van der Waals surface area contributed by atoms with Crippen LogP contribution in [0.25, 0.3) is 10.2 Å². The molecule has 0 atom stereocenters. The fourth-order valence-corrected chi connectivity index (χ4v) is 3.21. The van der Waals surface area contributed by atoms with Crippen molar-refractivity contribution in [3.05, 3.63) is 41.5 Å². The van der Waals surface area contributed by atoms with E-state index in [1.807, 2.05) is 19.0 Å². The number of hydrogen-bond acceptors (Lipinski definition) is 6. The first-order chi connectivity index (χ1) is 11.4. The maximum absolute atomic E-state index is 13.4. The standard InChI is InChI=1S/C16H17FN4O2S/c1-10-8-13(19-23-10)15(22)21(7-6-20(2)3)16-18-12-5-4-11(17)9-14(12)24-16/h4-5,8-9H,6-7H2,1-3H3. The number of hydrogen-bond donors (Lipinski definition) is 0. The number of halogens is 1. The molecule has 0 aliphatic carbocycles. The third-order valence-corrected chi connectivity index (χ3v) is 4.47. The van der Waals surface area contributed by atoms with E-state index in [2.05, 4.69) is 10.1 Å². The molecule has 126 valence electrons. The molecular weight excluding hydrogens is 331 g/mol. The number of nitrogens with zero attached hydrogens (tertiary/aromatic N) is 4. The molecule has 0 fully saturated rings. The maximum atomic E-state index is 13.4. The second kappa shape index (κ2) is 6.66. The van der Waals surface area contributed by atoms with Gasteiger partial charge in [-0.1, -0.05) is 16.5 Å². The number of likely N-dealkylation sites (N-methyl/N-ethyl adjacent to an activating group) is 1. The summed E-state index contributed by atoms with van der Waals surface area (Å²) in [6, 6.07) is 5.99. The maximum Gasteiger partial charge on any atom is 0.282 e. The SMILES string of the molecule is Cc1cc(C(=O)N(CCN(C)C)c2nc3ccc(F)cc3s2)no1. The van der Waals surface area contributed by atoms with Gasteiger partial charge >= 0.3 is 0 Å². The average molecular weight is 348 g/mol. The molecule has 0 radical (unpaired) electrons. The normalized spacial score (nSPS) is 11.4. The minimum absolute atomic E-state index is 0.233. The van der Waals surface area contributed by atoms with Crippen LogP contribution in [0.5, 0.6) is 0 Å². The van der Waals surface area contributed by atoms with Crippen LogP contribution in [0.1, 0.15) is 16.2 Å². The number of fused-ring (bicyclic) bond motifs is 1. The van der Waals surface area contributed by atoms with E-state index in [-0.39, 0.29) is 17.4 Å². The Bertz CT molecular complexity index is 874. The Balaban J connectivity index is 1.97. The van der Waals surface area contributed by atoms with Gasteiger partial charge in [-0.25, -0.2) is 9.37 Å². The monoisotopic (exact) mass is 348 g/mol. The van der Waals surface area contributed by atoms with E-state index in [4.69, 9.17) is 4.52 Å². The van der Waals surface area contributed by atoms with Crippen molar-refractivity contribution in [3.63, 3.8) is 0 Å². The second-order valence-electron chi connectivity index (χ2n) is 5.69. The molecule has 1 aromatic carbocycles. The number of aromatic nitrogens is 2. The molecule has 8 heteroatoms. The first-order valence-electron chi connectivity index (χ1n) is 7.40. The number of benzene rings is 1. The topological polar surface area (TPSA) is 62.5 Å². The molecule has 0 saturated heterocycles. The smallest absolute Gasteiger partial charge is 0.282 e. The Labute approximate surface area is 142 Å². The lowest BCUT2D eigenvalue weighted by Crippen LogP contribution is -2.36. The van der Waals surface area contributed by atoms with Crippen molar-refractivity contribution >= 4 is 32.6 Å². The summed E-state index contributed by atoms with van der Waals surface area (Å²) in [7, 11) is 3.85. The predicted octanol–water partition coefficient (Wildman–Crippen LogP) is 2.94. The number of amides is 1. The summed E-state index contributed by atoms with van der Waals surface area (Å²) in [6.07, 6.45) is 0. The second-order valence-corrected chi connectivity index (χ2v) is 6.70. The summed E-state index contributed by atoms with van der Waals surface area (Å²) in [6.45, 7) is 2.83. The molecule has 2 heterocycles. The lowest BCUT2D eigenvalue weighted by molar-refractivity contribution is 0.0976. The van der Waals surface area contributed by atoms with E-state index in [1.54, 1.807) is 24.0 Å². The number of aryl methyl sites for hydroxylation is 1. The Hall–Kier alpha value is -2.32. The third kappa shape index (κ3) is 3.44. The molecule has 0 spiro atoms. The molecule has 24 heavy (non-hydrogen) atoms. The molecule has 3 aromatic rings. The van der Waals surface area contributed by atoms with E-state index in [1.165, 1.54) is 23.5 Å². The number of anilines is 1. The first kappa shape index (κ1) is 16.5. The van der Waals surface area contributed by atoms with Crippen LogP contribution in [0.3, 0.4) is 0 Å². The Morgan fingerprint density at radius 3 is 2.75 bits per heavy atom. The van der Waals surface area contributed by atoms with Crippen LogP contribution >= 0.6 is 11.3 Å². The molecule has 3 rings (SSSR count).